The minimum absolute atomic E-state index is 0.0589. The summed E-state index contributed by atoms with van der Waals surface area (Å²) in [5, 5.41) is 0.985. The standard InChI is InChI=1S/C24H22N4O3S2/c29-23(18-10-12-19(13-11-18)26-33(30,31)20-6-2-1-3-7-20)27-14-16-28(17-15-27)24-25-21-8-4-5-9-22(21)32-24/h1-13,26H,14-17H2. The van der Waals surface area contributed by atoms with Crippen LogP contribution in [-0.4, -0.2) is 50.4 Å². The molecule has 0 radical (unpaired) electrons. The van der Waals surface area contributed by atoms with Gasteiger partial charge in [0, 0.05) is 37.4 Å². The van der Waals surface area contributed by atoms with Crippen LogP contribution < -0.4 is 9.62 Å². The van der Waals surface area contributed by atoms with E-state index in [2.05, 4.69) is 15.7 Å². The molecule has 33 heavy (non-hydrogen) atoms. The molecule has 1 amide bonds. The lowest BCUT2D eigenvalue weighted by Gasteiger charge is -2.34. The van der Waals surface area contributed by atoms with Gasteiger partial charge in [0.2, 0.25) is 0 Å². The number of aromatic nitrogens is 1. The molecule has 9 heteroatoms. The number of rotatable bonds is 5. The van der Waals surface area contributed by atoms with Gasteiger partial charge in [0.25, 0.3) is 15.9 Å². The molecule has 1 saturated heterocycles. The van der Waals surface area contributed by atoms with Crippen molar-refractivity contribution in [3.8, 4) is 0 Å². The Kier molecular flexibility index (Phi) is 5.74. The zero-order valence-corrected chi connectivity index (χ0v) is 19.3. The van der Waals surface area contributed by atoms with Crippen LogP contribution in [0.5, 0.6) is 0 Å². The SMILES string of the molecule is O=C(c1ccc(NS(=O)(=O)c2ccccc2)cc1)N1CCN(c2nc3ccccc3s2)CC1. The normalized spacial score (nSPS) is 14.4. The maximum atomic E-state index is 13.0. The van der Waals surface area contributed by atoms with E-state index < -0.39 is 10.0 Å². The molecule has 3 aromatic carbocycles. The predicted octanol–water partition coefficient (Wildman–Crippen LogP) is 4.06. The number of nitrogens with one attached hydrogen (secondary N) is 1. The summed E-state index contributed by atoms with van der Waals surface area (Å²) in [5.74, 6) is -0.0589. The number of thiazole rings is 1. The van der Waals surface area contributed by atoms with Crippen molar-refractivity contribution in [3.63, 3.8) is 0 Å². The Balaban J connectivity index is 1.21. The summed E-state index contributed by atoms with van der Waals surface area (Å²) in [6, 6.07) is 22.8. The minimum atomic E-state index is -3.67. The molecule has 168 valence electrons. The number of anilines is 2. The van der Waals surface area contributed by atoms with Gasteiger partial charge >= 0.3 is 0 Å². The summed E-state index contributed by atoms with van der Waals surface area (Å²) in [6.07, 6.45) is 0. The summed E-state index contributed by atoms with van der Waals surface area (Å²) in [7, 11) is -3.67. The van der Waals surface area contributed by atoms with Crippen LogP contribution >= 0.6 is 11.3 Å². The zero-order valence-electron chi connectivity index (χ0n) is 17.7. The molecule has 0 saturated carbocycles. The summed E-state index contributed by atoms with van der Waals surface area (Å²) < 4.78 is 28.7. The number of piperazine rings is 1. The summed E-state index contributed by atoms with van der Waals surface area (Å²) >= 11 is 1.67. The Hall–Kier alpha value is -3.43. The van der Waals surface area contributed by atoms with E-state index >= 15 is 0 Å². The maximum absolute atomic E-state index is 13.0. The second-order valence-electron chi connectivity index (χ2n) is 7.74. The first-order valence-electron chi connectivity index (χ1n) is 10.6. The van der Waals surface area contributed by atoms with E-state index in [1.807, 2.05) is 23.1 Å². The molecule has 1 N–H and O–H groups in total. The Labute approximate surface area is 196 Å². The molecule has 2 heterocycles. The van der Waals surface area contributed by atoms with Crippen LogP contribution in [0.3, 0.4) is 0 Å². The second kappa shape index (κ2) is 8.84. The van der Waals surface area contributed by atoms with Gasteiger partial charge in [-0.15, -0.1) is 0 Å². The lowest BCUT2D eigenvalue weighted by atomic mass is 10.1. The van der Waals surface area contributed by atoms with Crippen molar-refractivity contribution in [3.05, 3.63) is 84.4 Å². The third kappa shape index (κ3) is 4.55. The van der Waals surface area contributed by atoms with Gasteiger partial charge < -0.3 is 9.80 Å². The molecule has 1 fully saturated rings. The average Bonchev–Trinajstić information content (AvgIpc) is 3.29. The predicted molar refractivity (Wildman–Crippen MR) is 131 cm³/mol. The van der Waals surface area contributed by atoms with Gasteiger partial charge in [0.1, 0.15) is 0 Å². The van der Waals surface area contributed by atoms with Crippen molar-refractivity contribution in [1.29, 1.82) is 0 Å². The average molecular weight is 479 g/mol. The second-order valence-corrected chi connectivity index (χ2v) is 10.4. The molecule has 0 bridgehead atoms. The monoisotopic (exact) mass is 478 g/mol. The quantitative estimate of drug-likeness (QED) is 0.468. The van der Waals surface area contributed by atoms with Gasteiger partial charge in [-0.2, -0.15) is 0 Å². The van der Waals surface area contributed by atoms with Crippen LogP contribution in [-0.2, 0) is 10.0 Å². The molecule has 1 aliphatic rings. The Bertz CT molecular complexity index is 1350. The molecular weight excluding hydrogens is 456 g/mol. The van der Waals surface area contributed by atoms with Crippen molar-refractivity contribution in [1.82, 2.24) is 9.88 Å². The Morgan fingerprint density at radius 1 is 0.848 bits per heavy atom. The van der Waals surface area contributed by atoms with Crippen molar-refractivity contribution in [2.45, 2.75) is 4.90 Å². The topological polar surface area (TPSA) is 82.6 Å². The summed E-state index contributed by atoms with van der Waals surface area (Å²) in [4.78, 5) is 21.9. The molecule has 0 aliphatic carbocycles. The number of fused-ring (bicyclic) bond motifs is 1. The molecule has 5 rings (SSSR count). The molecule has 7 nitrogen and oxygen atoms in total. The molecule has 0 unspecified atom stereocenters. The van der Waals surface area contributed by atoms with E-state index in [-0.39, 0.29) is 10.8 Å². The highest BCUT2D eigenvalue weighted by Crippen LogP contribution is 2.29. The first-order valence-corrected chi connectivity index (χ1v) is 12.9. The van der Waals surface area contributed by atoms with Gasteiger partial charge in [-0.3, -0.25) is 9.52 Å². The Morgan fingerprint density at radius 2 is 1.52 bits per heavy atom. The van der Waals surface area contributed by atoms with Crippen LogP contribution in [0.2, 0.25) is 0 Å². The number of para-hydroxylation sites is 1. The maximum Gasteiger partial charge on any atom is 0.261 e. The summed E-state index contributed by atoms with van der Waals surface area (Å²) in [6.45, 7) is 2.66. The lowest BCUT2D eigenvalue weighted by molar-refractivity contribution is 0.0747. The third-order valence-electron chi connectivity index (χ3n) is 5.56. The molecular formula is C24H22N4O3S2. The molecule has 0 spiro atoms. The number of sulfonamides is 1. The van der Waals surface area contributed by atoms with Gasteiger partial charge in [-0.1, -0.05) is 41.7 Å². The van der Waals surface area contributed by atoms with E-state index in [0.29, 0.717) is 24.3 Å². The van der Waals surface area contributed by atoms with Gasteiger partial charge in [-0.05, 0) is 48.5 Å². The third-order valence-corrected chi connectivity index (χ3v) is 8.05. The fourth-order valence-corrected chi connectivity index (χ4v) is 5.87. The number of hydrogen-bond acceptors (Lipinski definition) is 6. The molecule has 1 aliphatic heterocycles. The Morgan fingerprint density at radius 3 is 2.21 bits per heavy atom. The van der Waals surface area contributed by atoms with Crippen LogP contribution in [0.15, 0.2) is 83.8 Å². The van der Waals surface area contributed by atoms with Crippen molar-refractivity contribution >= 4 is 48.3 Å². The summed E-state index contributed by atoms with van der Waals surface area (Å²) in [5.41, 5.74) is 1.95. The molecule has 1 aromatic heterocycles. The largest absolute Gasteiger partial charge is 0.345 e. The van der Waals surface area contributed by atoms with Gasteiger partial charge in [0.05, 0.1) is 15.1 Å². The van der Waals surface area contributed by atoms with E-state index in [1.54, 1.807) is 53.8 Å². The number of carbonyl (C=O) groups is 1. The van der Waals surface area contributed by atoms with E-state index in [0.717, 1.165) is 28.4 Å². The van der Waals surface area contributed by atoms with Gasteiger partial charge in [-0.25, -0.2) is 13.4 Å². The number of nitrogens with zero attached hydrogens (tertiary/aromatic N) is 3. The van der Waals surface area contributed by atoms with Crippen LogP contribution in [0.25, 0.3) is 10.2 Å². The fourth-order valence-electron chi connectivity index (χ4n) is 3.77. The highest BCUT2D eigenvalue weighted by molar-refractivity contribution is 7.92. The van der Waals surface area contributed by atoms with Crippen molar-refractivity contribution in [2.75, 3.05) is 35.8 Å². The smallest absolute Gasteiger partial charge is 0.261 e. The van der Waals surface area contributed by atoms with Gasteiger partial charge in [0.15, 0.2) is 5.13 Å². The highest BCUT2D eigenvalue weighted by Gasteiger charge is 2.24. The van der Waals surface area contributed by atoms with Crippen molar-refractivity contribution < 1.29 is 13.2 Å². The van der Waals surface area contributed by atoms with E-state index in [9.17, 15) is 13.2 Å². The van der Waals surface area contributed by atoms with E-state index in [4.69, 9.17) is 4.98 Å². The lowest BCUT2D eigenvalue weighted by Crippen LogP contribution is -2.48. The highest BCUT2D eigenvalue weighted by atomic mass is 32.2. The number of carbonyl (C=O) groups excluding carboxylic acids is 1. The minimum Gasteiger partial charge on any atom is -0.345 e. The molecule has 4 aromatic rings. The van der Waals surface area contributed by atoms with Crippen LogP contribution in [0, 0.1) is 0 Å². The molecule has 0 atom stereocenters. The van der Waals surface area contributed by atoms with Crippen LogP contribution in [0.4, 0.5) is 10.8 Å². The van der Waals surface area contributed by atoms with Crippen molar-refractivity contribution in [2.24, 2.45) is 0 Å². The number of hydrogen-bond donors (Lipinski definition) is 1. The zero-order chi connectivity index (χ0) is 22.8. The first-order chi connectivity index (χ1) is 16.0. The number of benzene rings is 3. The van der Waals surface area contributed by atoms with E-state index in [1.165, 1.54) is 12.1 Å². The fraction of sp³-hybridized carbons (Fsp3) is 0.167. The van der Waals surface area contributed by atoms with Crippen LogP contribution in [0.1, 0.15) is 10.4 Å². The first kappa shape index (κ1) is 21.4. The number of amides is 1.